The number of nitrogens with one attached hydrogen (secondary N) is 3. The molecule has 3 aromatic carbocycles. The van der Waals surface area contributed by atoms with E-state index >= 15 is 0 Å². The molecule has 0 heterocycles. The van der Waals surface area contributed by atoms with Crippen molar-refractivity contribution in [2.45, 2.75) is 31.7 Å². The molecule has 10 heteroatoms. The van der Waals surface area contributed by atoms with Crippen molar-refractivity contribution in [2.24, 2.45) is 5.92 Å². The quantitative estimate of drug-likeness (QED) is 0.389. The fourth-order valence-electron chi connectivity index (χ4n) is 3.41. The highest BCUT2D eigenvalue weighted by molar-refractivity contribution is 7.89. The van der Waals surface area contributed by atoms with E-state index in [1.54, 1.807) is 32.0 Å². The van der Waals surface area contributed by atoms with E-state index in [2.05, 4.69) is 15.6 Å². The molecule has 0 radical (unpaired) electrons. The molecule has 35 heavy (non-hydrogen) atoms. The van der Waals surface area contributed by atoms with Crippen LogP contribution in [0, 0.1) is 5.92 Å². The smallest absolute Gasteiger partial charge is 0.269 e. The maximum Gasteiger partial charge on any atom is 0.269 e. The summed E-state index contributed by atoms with van der Waals surface area (Å²) in [5, 5.41) is 1.66. The summed E-state index contributed by atoms with van der Waals surface area (Å²) in [6, 6.07) is 15.6. The predicted molar refractivity (Wildman–Crippen MR) is 133 cm³/mol. The van der Waals surface area contributed by atoms with E-state index in [9.17, 15) is 18.0 Å². The number of hydrazine groups is 1. The summed E-state index contributed by atoms with van der Waals surface area (Å²) >= 11 is 0. The first kappa shape index (κ1) is 26.0. The van der Waals surface area contributed by atoms with Crippen molar-refractivity contribution in [1.29, 1.82) is 0 Å². The van der Waals surface area contributed by atoms with Crippen LogP contribution in [-0.4, -0.2) is 40.0 Å². The van der Waals surface area contributed by atoms with Crippen LogP contribution in [-0.2, 0) is 14.8 Å². The lowest BCUT2D eigenvalue weighted by atomic mass is 10.1. The molecule has 3 N–H and O–H groups in total. The number of rotatable bonds is 9. The number of hydrogen-bond acceptors (Lipinski definition) is 6. The van der Waals surface area contributed by atoms with Gasteiger partial charge in [-0.15, -0.1) is 0 Å². The number of ether oxygens (including phenoxy) is 2. The van der Waals surface area contributed by atoms with E-state index in [1.165, 1.54) is 25.3 Å². The van der Waals surface area contributed by atoms with Gasteiger partial charge in [-0.1, -0.05) is 44.2 Å². The number of methoxy groups -OCH3 is 1. The summed E-state index contributed by atoms with van der Waals surface area (Å²) < 4.78 is 39.1. The molecule has 3 aromatic rings. The van der Waals surface area contributed by atoms with Gasteiger partial charge in [-0.3, -0.25) is 20.4 Å². The van der Waals surface area contributed by atoms with Gasteiger partial charge in [-0.05, 0) is 53.9 Å². The van der Waals surface area contributed by atoms with E-state index in [1.807, 2.05) is 31.2 Å². The van der Waals surface area contributed by atoms with Crippen molar-refractivity contribution >= 4 is 32.6 Å². The fraction of sp³-hybridized carbons (Fsp3) is 0.280. The van der Waals surface area contributed by atoms with Crippen molar-refractivity contribution in [3.05, 3.63) is 66.2 Å². The third-order valence-corrected chi connectivity index (χ3v) is 6.73. The maximum atomic E-state index is 13.0. The van der Waals surface area contributed by atoms with Gasteiger partial charge in [0.05, 0.1) is 18.6 Å². The van der Waals surface area contributed by atoms with Crippen LogP contribution in [0.5, 0.6) is 11.5 Å². The molecule has 2 amide bonds. The molecule has 0 saturated heterocycles. The van der Waals surface area contributed by atoms with Gasteiger partial charge in [0.15, 0.2) is 11.5 Å². The van der Waals surface area contributed by atoms with Gasteiger partial charge >= 0.3 is 0 Å². The zero-order valence-corrected chi connectivity index (χ0v) is 20.8. The summed E-state index contributed by atoms with van der Waals surface area (Å²) in [6.45, 7) is 5.66. The van der Waals surface area contributed by atoms with Crippen LogP contribution < -0.4 is 25.0 Å². The third kappa shape index (κ3) is 6.28. The number of fused-ring (bicyclic) bond motifs is 1. The van der Waals surface area contributed by atoms with Crippen molar-refractivity contribution in [3.8, 4) is 11.5 Å². The normalized spacial score (nSPS) is 12.3. The first-order valence-corrected chi connectivity index (χ1v) is 12.6. The molecule has 0 aliphatic rings. The monoisotopic (exact) mass is 499 g/mol. The average molecular weight is 500 g/mol. The molecule has 9 nitrogen and oxygen atoms in total. The summed E-state index contributed by atoms with van der Waals surface area (Å²) in [5.74, 6) is -0.838. The molecular weight excluding hydrogens is 470 g/mol. The topological polar surface area (TPSA) is 123 Å². The summed E-state index contributed by atoms with van der Waals surface area (Å²) in [5.41, 5.74) is 4.85. The van der Waals surface area contributed by atoms with Crippen LogP contribution in [0.1, 0.15) is 31.1 Å². The van der Waals surface area contributed by atoms with Crippen LogP contribution in [0.4, 0.5) is 0 Å². The van der Waals surface area contributed by atoms with Crippen molar-refractivity contribution < 1.29 is 27.5 Å². The molecule has 0 aliphatic carbocycles. The Labute approximate surface area is 204 Å². The standard InChI is InChI=1S/C25H29N3O6S/c1-5-34-21-13-11-19(15-22(21)33-4)24(29)26-27-25(30)23(16(2)3)28-35(31,32)20-12-10-17-8-6-7-9-18(17)14-20/h6-16,23,28H,5H2,1-4H3,(H,26,29)(H,27,30). The van der Waals surface area contributed by atoms with Crippen LogP contribution >= 0.6 is 0 Å². The molecule has 0 spiro atoms. The molecule has 0 fully saturated rings. The van der Waals surface area contributed by atoms with Crippen molar-refractivity contribution in [1.82, 2.24) is 15.6 Å². The van der Waals surface area contributed by atoms with Gasteiger partial charge < -0.3 is 9.47 Å². The number of carbonyl (C=O) groups excluding carboxylic acids is 2. The Bertz CT molecular complexity index is 1320. The molecule has 0 saturated carbocycles. The van der Waals surface area contributed by atoms with Crippen LogP contribution in [0.3, 0.4) is 0 Å². The Morgan fingerprint density at radius 2 is 1.63 bits per heavy atom. The summed E-state index contributed by atoms with van der Waals surface area (Å²) in [6.07, 6.45) is 0. The van der Waals surface area contributed by atoms with Crippen LogP contribution in [0.15, 0.2) is 65.6 Å². The number of hydrogen-bond donors (Lipinski definition) is 3. The van der Waals surface area contributed by atoms with Crippen LogP contribution in [0.2, 0.25) is 0 Å². The SMILES string of the molecule is CCOc1ccc(C(=O)NNC(=O)C(NS(=O)(=O)c2ccc3ccccc3c2)C(C)C)cc1OC. The molecule has 3 rings (SSSR count). The highest BCUT2D eigenvalue weighted by Gasteiger charge is 2.29. The minimum atomic E-state index is -4.00. The molecule has 0 aliphatic heterocycles. The second-order valence-corrected chi connectivity index (χ2v) is 9.81. The highest BCUT2D eigenvalue weighted by Crippen LogP contribution is 2.28. The summed E-state index contributed by atoms with van der Waals surface area (Å²) in [4.78, 5) is 25.4. The van der Waals surface area contributed by atoms with Gasteiger partial charge in [0.1, 0.15) is 6.04 Å². The van der Waals surface area contributed by atoms with Gasteiger partial charge in [0.25, 0.3) is 11.8 Å². The average Bonchev–Trinajstić information content (AvgIpc) is 2.85. The third-order valence-electron chi connectivity index (χ3n) is 5.29. The van der Waals surface area contributed by atoms with E-state index in [4.69, 9.17) is 9.47 Å². The van der Waals surface area contributed by atoms with Crippen molar-refractivity contribution in [2.75, 3.05) is 13.7 Å². The Balaban J connectivity index is 1.71. The fourth-order valence-corrected chi connectivity index (χ4v) is 4.79. The minimum absolute atomic E-state index is 0.0418. The van der Waals surface area contributed by atoms with E-state index < -0.39 is 33.8 Å². The van der Waals surface area contributed by atoms with Gasteiger partial charge in [0, 0.05) is 5.56 Å². The number of sulfonamides is 1. The Hall–Kier alpha value is -3.63. The Morgan fingerprint density at radius 1 is 0.914 bits per heavy atom. The molecule has 0 bridgehead atoms. The summed E-state index contributed by atoms with van der Waals surface area (Å²) in [7, 11) is -2.55. The minimum Gasteiger partial charge on any atom is -0.493 e. The Kier molecular flexibility index (Phi) is 8.31. The molecule has 186 valence electrons. The molecule has 0 aromatic heterocycles. The lowest BCUT2D eigenvalue weighted by Gasteiger charge is -2.22. The first-order valence-electron chi connectivity index (χ1n) is 11.1. The lowest BCUT2D eigenvalue weighted by molar-refractivity contribution is -0.124. The van der Waals surface area contributed by atoms with Gasteiger partial charge in [0.2, 0.25) is 10.0 Å². The van der Waals surface area contributed by atoms with Crippen molar-refractivity contribution in [3.63, 3.8) is 0 Å². The molecular formula is C25H29N3O6S. The van der Waals surface area contributed by atoms with E-state index in [0.717, 1.165) is 10.8 Å². The van der Waals surface area contributed by atoms with E-state index in [-0.39, 0.29) is 10.5 Å². The second-order valence-electron chi connectivity index (χ2n) is 8.09. The number of carbonyl (C=O) groups is 2. The first-order chi connectivity index (χ1) is 16.7. The number of amides is 2. The zero-order valence-electron chi connectivity index (χ0n) is 20.0. The van der Waals surface area contributed by atoms with Gasteiger partial charge in [-0.2, -0.15) is 4.72 Å². The number of benzene rings is 3. The van der Waals surface area contributed by atoms with Gasteiger partial charge in [-0.25, -0.2) is 8.42 Å². The zero-order chi connectivity index (χ0) is 25.6. The van der Waals surface area contributed by atoms with E-state index in [0.29, 0.717) is 18.1 Å². The Morgan fingerprint density at radius 3 is 2.29 bits per heavy atom. The molecule has 1 atom stereocenters. The van der Waals surface area contributed by atoms with Crippen LogP contribution in [0.25, 0.3) is 10.8 Å². The predicted octanol–water partition coefficient (Wildman–Crippen LogP) is 3.01. The maximum absolute atomic E-state index is 13.0. The molecule has 1 unspecified atom stereocenters. The highest BCUT2D eigenvalue weighted by atomic mass is 32.2. The largest absolute Gasteiger partial charge is 0.493 e. The lowest BCUT2D eigenvalue weighted by Crippen LogP contribution is -2.54. The second kappa shape index (κ2) is 11.2.